The van der Waals surface area contributed by atoms with Crippen LogP contribution in [0.4, 0.5) is 0 Å². The van der Waals surface area contributed by atoms with Gasteiger partial charge in [-0.15, -0.1) is 0 Å². The molecule has 14 heavy (non-hydrogen) atoms. The standard InChI is InChI=1S/C10H19NO3/c1-7(9(13)14-5)6-8(12)11-10(2,3)4/h7H,6H2,1-5H3,(H,11,12)/t7-/m1/s1. The number of esters is 1. The summed E-state index contributed by atoms with van der Waals surface area (Å²) in [6.45, 7) is 7.36. The van der Waals surface area contributed by atoms with Crippen molar-refractivity contribution < 1.29 is 14.3 Å². The van der Waals surface area contributed by atoms with Crippen molar-refractivity contribution >= 4 is 11.9 Å². The van der Waals surface area contributed by atoms with Crippen LogP contribution < -0.4 is 5.32 Å². The van der Waals surface area contributed by atoms with Gasteiger partial charge in [-0.25, -0.2) is 0 Å². The van der Waals surface area contributed by atoms with Crippen LogP contribution in [0.5, 0.6) is 0 Å². The second kappa shape index (κ2) is 4.98. The Morgan fingerprint density at radius 1 is 1.36 bits per heavy atom. The lowest BCUT2D eigenvalue weighted by atomic mass is 10.1. The molecular weight excluding hydrogens is 182 g/mol. The molecule has 82 valence electrons. The van der Waals surface area contributed by atoms with E-state index in [4.69, 9.17) is 0 Å². The predicted octanol–water partition coefficient (Wildman–Crippen LogP) is 1.10. The summed E-state index contributed by atoms with van der Waals surface area (Å²) in [5, 5.41) is 2.78. The molecule has 0 aliphatic heterocycles. The minimum atomic E-state index is -0.387. The number of hydrogen-bond acceptors (Lipinski definition) is 3. The van der Waals surface area contributed by atoms with Gasteiger partial charge in [-0.3, -0.25) is 9.59 Å². The molecule has 4 nitrogen and oxygen atoms in total. The van der Waals surface area contributed by atoms with Gasteiger partial charge in [0.2, 0.25) is 5.91 Å². The van der Waals surface area contributed by atoms with Gasteiger partial charge in [0.15, 0.2) is 0 Å². The number of nitrogens with one attached hydrogen (secondary N) is 1. The average molecular weight is 201 g/mol. The van der Waals surface area contributed by atoms with Crippen molar-refractivity contribution in [1.82, 2.24) is 5.32 Å². The molecule has 1 amide bonds. The zero-order valence-electron chi connectivity index (χ0n) is 9.51. The Kier molecular flexibility index (Phi) is 4.60. The van der Waals surface area contributed by atoms with Crippen LogP contribution in [-0.2, 0) is 14.3 Å². The van der Waals surface area contributed by atoms with Crippen molar-refractivity contribution in [3.63, 3.8) is 0 Å². The summed E-state index contributed by atoms with van der Waals surface area (Å²) in [5.41, 5.74) is -0.257. The van der Waals surface area contributed by atoms with Gasteiger partial charge in [0.1, 0.15) is 0 Å². The first-order valence-electron chi connectivity index (χ1n) is 4.65. The number of ether oxygens (including phenoxy) is 1. The van der Waals surface area contributed by atoms with Gasteiger partial charge in [-0.05, 0) is 20.8 Å². The monoisotopic (exact) mass is 201 g/mol. The summed E-state index contributed by atoms with van der Waals surface area (Å²) in [6.07, 6.45) is 0.171. The van der Waals surface area contributed by atoms with E-state index in [0.717, 1.165) is 0 Å². The summed E-state index contributed by atoms with van der Waals surface area (Å²) >= 11 is 0. The van der Waals surface area contributed by atoms with Gasteiger partial charge in [0.05, 0.1) is 13.0 Å². The minimum absolute atomic E-state index is 0.129. The van der Waals surface area contributed by atoms with Gasteiger partial charge in [0.25, 0.3) is 0 Å². The lowest BCUT2D eigenvalue weighted by Gasteiger charge is -2.21. The SMILES string of the molecule is COC(=O)[C@H](C)CC(=O)NC(C)(C)C. The van der Waals surface area contributed by atoms with Crippen LogP contribution in [0.3, 0.4) is 0 Å². The maximum Gasteiger partial charge on any atom is 0.308 e. The predicted molar refractivity (Wildman–Crippen MR) is 53.7 cm³/mol. The van der Waals surface area contributed by atoms with Crippen LogP contribution in [0.1, 0.15) is 34.1 Å². The molecule has 4 heteroatoms. The van der Waals surface area contributed by atoms with Gasteiger partial charge in [-0.1, -0.05) is 6.92 Å². The Morgan fingerprint density at radius 3 is 2.21 bits per heavy atom. The van der Waals surface area contributed by atoms with Crippen LogP contribution >= 0.6 is 0 Å². The van der Waals surface area contributed by atoms with E-state index in [1.165, 1.54) is 7.11 Å². The number of methoxy groups -OCH3 is 1. The molecule has 0 heterocycles. The highest BCUT2D eigenvalue weighted by atomic mass is 16.5. The van der Waals surface area contributed by atoms with E-state index >= 15 is 0 Å². The van der Waals surface area contributed by atoms with Crippen molar-refractivity contribution in [2.45, 2.75) is 39.7 Å². The molecule has 1 N–H and O–H groups in total. The summed E-state index contributed by atoms with van der Waals surface area (Å²) in [4.78, 5) is 22.4. The topological polar surface area (TPSA) is 55.4 Å². The fraction of sp³-hybridized carbons (Fsp3) is 0.800. The normalized spacial score (nSPS) is 13.2. The number of carbonyl (C=O) groups excluding carboxylic acids is 2. The molecule has 0 rings (SSSR count). The first kappa shape index (κ1) is 12.9. The van der Waals surface area contributed by atoms with Gasteiger partial charge in [-0.2, -0.15) is 0 Å². The molecule has 1 atom stereocenters. The first-order chi connectivity index (χ1) is 6.26. The smallest absolute Gasteiger partial charge is 0.308 e. The lowest BCUT2D eigenvalue weighted by Crippen LogP contribution is -2.41. The largest absolute Gasteiger partial charge is 0.469 e. The number of rotatable bonds is 3. The lowest BCUT2D eigenvalue weighted by molar-refractivity contribution is -0.146. The van der Waals surface area contributed by atoms with Crippen LogP contribution in [0.2, 0.25) is 0 Å². The van der Waals surface area contributed by atoms with Crippen molar-refractivity contribution in [2.24, 2.45) is 5.92 Å². The molecule has 0 aliphatic carbocycles. The highest BCUT2D eigenvalue weighted by Crippen LogP contribution is 2.06. The van der Waals surface area contributed by atoms with Crippen molar-refractivity contribution in [2.75, 3.05) is 7.11 Å². The number of hydrogen-bond donors (Lipinski definition) is 1. The molecule has 0 aromatic heterocycles. The maximum atomic E-state index is 11.4. The third-order valence-corrected chi connectivity index (χ3v) is 1.61. The van der Waals surface area contributed by atoms with E-state index < -0.39 is 0 Å². The second-order valence-electron chi connectivity index (χ2n) is 4.43. The van der Waals surface area contributed by atoms with E-state index in [2.05, 4.69) is 10.1 Å². The van der Waals surface area contributed by atoms with E-state index in [0.29, 0.717) is 0 Å². The van der Waals surface area contributed by atoms with Crippen molar-refractivity contribution in [3.8, 4) is 0 Å². The number of amides is 1. The molecule has 0 saturated heterocycles. The third-order valence-electron chi connectivity index (χ3n) is 1.61. The van der Waals surface area contributed by atoms with Gasteiger partial charge < -0.3 is 10.1 Å². The molecule has 0 bridgehead atoms. The Labute approximate surface area is 85.0 Å². The van der Waals surface area contributed by atoms with E-state index in [-0.39, 0.29) is 29.8 Å². The number of carbonyl (C=O) groups is 2. The third kappa shape index (κ3) is 5.56. The Hall–Kier alpha value is -1.06. The molecule has 0 radical (unpaired) electrons. The van der Waals surface area contributed by atoms with Crippen LogP contribution in [-0.4, -0.2) is 24.5 Å². The fourth-order valence-electron chi connectivity index (χ4n) is 1.03. The van der Waals surface area contributed by atoms with E-state index in [9.17, 15) is 9.59 Å². The Bertz CT molecular complexity index is 218. The highest BCUT2D eigenvalue weighted by Gasteiger charge is 2.20. The van der Waals surface area contributed by atoms with E-state index in [1.54, 1.807) is 6.92 Å². The van der Waals surface area contributed by atoms with Crippen LogP contribution in [0.25, 0.3) is 0 Å². The van der Waals surface area contributed by atoms with Crippen molar-refractivity contribution in [3.05, 3.63) is 0 Å². The summed E-state index contributed by atoms with van der Waals surface area (Å²) < 4.78 is 4.52. The Balaban J connectivity index is 4.01. The molecule has 0 unspecified atom stereocenters. The molecule has 0 fully saturated rings. The molecule has 0 saturated carbocycles. The van der Waals surface area contributed by atoms with E-state index in [1.807, 2.05) is 20.8 Å². The molecular formula is C10H19NO3. The maximum absolute atomic E-state index is 11.4. The fourth-order valence-corrected chi connectivity index (χ4v) is 1.03. The van der Waals surface area contributed by atoms with Crippen LogP contribution in [0.15, 0.2) is 0 Å². The average Bonchev–Trinajstić information content (AvgIpc) is 1.99. The molecule has 0 spiro atoms. The quantitative estimate of drug-likeness (QED) is 0.696. The second-order valence-corrected chi connectivity index (χ2v) is 4.43. The van der Waals surface area contributed by atoms with Gasteiger partial charge in [0, 0.05) is 12.0 Å². The summed E-state index contributed by atoms with van der Waals surface area (Å²) in [5.74, 6) is -0.869. The molecule has 0 aromatic carbocycles. The molecule has 0 aromatic rings. The zero-order valence-corrected chi connectivity index (χ0v) is 9.51. The zero-order chi connectivity index (χ0) is 11.4. The Morgan fingerprint density at radius 2 is 1.86 bits per heavy atom. The molecule has 0 aliphatic rings. The highest BCUT2D eigenvalue weighted by molar-refractivity contribution is 5.83. The van der Waals surface area contributed by atoms with Crippen LogP contribution in [0, 0.1) is 5.92 Å². The minimum Gasteiger partial charge on any atom is -0.469 e. The summed E-state index contributed by atoms with van der Waals surface area (Å²) in [6, 6.07) is 0. The summed E-state index contributed by atoms with van der Waals surface area (Å²) in [7, 11) is 1.32. The van der Waals surface area contributed by atoms with Gasteiger partial charge >= 0.3 is 5.97 Å². The van der Waals surface area contributed by atoms with Crippen molar-refractivity contribution in [1.29, 1.82) is 0 Å². The first-order valence-corrected chi connectivity index (χ1v) is 4.65.